The fourth-order valence-corrected chi connectivity index (χ4v) is 6.78. The van der Waals surface area contributed by atoms with E-state index in [0.717, 1.165) is 0 Å². The molecule has 7 unspecified atom stereocenters. The fraction of sp³-hybridized carbons (Fsp3) is 0.750. The number of fused-ring (bicyclic) bond motifs is 3. The van der Waals surface area contributed by atoms with Gasteiger partial charge in [0, 0.05) is 38.5 Å². The van der Waals surface area contributed by atoms with Crippen LogP contribution in [-0.4, -0.2) is 52.7 Å². The maximum Gasteiger partial charge on any atom is 0.303 e. The number of carbonyl (C=O) groups excluding carboxylic acids is 4. The molecule has 0 aromatic rings. The lowest BCUT2D eigenvalue weighted by Gasteiger charge is -2.69. The van der Waals surface area contributed by atoms with Crippen LogP contribution >= 0.6 is 0 Å². The van der Waals surface area contributed by atoms with Gasteiger partial charge < -0.3 is 19.3 Å². The number of hydrogen-bond acceptors (Lipinski definition) is 8. The van der Waals surface area contributed by atoms with Crippen molar-refractivity contribution in [3.8, 4) is 0 Å². The molecule has 32 heavy (non-hydrogen) atoms. The van der Waals surface area contributed by atoms with Crippen molar-refractivity contribution in [1.29, 1.82) is 0 Å². The summed E-state index contributed by atoms with van der Waals surface area (Å²) in [6.07, 6.45) is -0.331. The van der Waals surface area contributed by atoms with E-state index in [0.29, 0.717) is 18.4 Å². The molecule has 0 bridgehead atoms. The van der Waals surface area contributed by atoms with E-state index in [1.54, 1.807) is 6.92 Å². The van der Waals surface area contributed by atoms with Crippen LogP contribution < -0.4 is 0 Å². The van der Waals surface area contributed by atoms with Crippen molar-refractivity contribution in [3.05, 3.63) is 11.6 Å². The Morgan fingerprint density at radius 3 is 2.09 bits per heavy atom. The molecule has 3 rings (SSSR count). The van der Waals surface area contributed by atoms with Gasteiger partial charge in [-0.25, -0.2) is 0 Å². The predicted molar refractivity (Wildman–Crippen MR) is 113 cm³/mol. The Morgan fingerprint density at radius 1 is 1.00 bits per heavy atom. The van der Waals surface area contributed by atoms with E-state index in [1.165, 1.54) is 26.8 Å². The van der Waals surface area contributed by atoms with Gasteiger partial charge in [-0.15, -0.1) is 0 Å². The Hall–Kier alpha value is -2.22. The van der Waals surface area contributed by atoms with E-state index in [2.05, 4.69) is 0 Å². The highest BCUT2D eigenvalue weighted by molar-refractivity contribution is 5.92. The molecule has 7 atom stereocenters. The fourth-order valence-electron chi connectivity index (χ4n) is 6.78. The van der Waals surface area contributed by atoms with Crippen molar-refractivity contribution in [2.24, 2.45) is 22.7 Å². The number of ketones is 1. The summed E-state index contributed by atoms with van der Waals surface area (Å²) < 4.78 is 17.2. The summed E-state index contributed by atoms with van der Waals surface area (Å²) in [7, 11) is 0. The summed E-state index contributed by atoms with van der Waals surface area (Å²) in [6, 6.07) is 0. The zero-order valence-corrected chi connectivity index (χ0v) is 19.9. The number of aliphatic hydroxyl groups is 1. The lowest BCUT2D eigenvalue weighted by Crippen LogP contribution is -2.80. The second-order valence-electron chi connectivity index (χ2n) is 10.4. The van der Waals surface area contributed by atoms with Gasteiger partial charge >= 0.3 is 17.9 Å². The first-order valence-electron chi connectivity index (χ1n) is 11.1. The van der Waals surface area contributed by atoms with E-state index in [4.69, 9.17) is 14.2 Å². The molecule has 2 fully saturated rings. The minimum Gasteiger partial charge on any atom is -0.462 e. The van der Waals surface area contributed by atoms with Crippen LogP contribution in [0, 0.1) is 22.7 Å². The number of carbonyl (C=O) groups is 4. The monoisotopic (exact) mass is 450 g/mol. The van der Waals surface area contributed by atoms with E-state index < -0.39 is 64.5 Å². The largest absolute Gasteiger partial charge is 0.462 e. The molecule has 0 aliphatic heterocycles. The molecular formula is C24H34O8. The van der Waals surface area contributed by atoms with E-state index in [9.17, 15) is 24.3 Å². The number of rotatable bonds is 3. The Balaban J connectivity index is 2.34. The highest BCUT2D eigenvalue weighted by Crippen LogP contribution is 2.67. The molecule has 0 radical (unpaired) electrons. The zero-order chi connectivity index (χ0) is 24.2. The minimum absolute atomic E-state index is 0.0964. The molecule has 0 heterocycles. The molecule has 0 saturated heterocycles. The summed E-state index contributed by atoms with van der Waals surface area (Å²) in [5.41, 5.74) is -3.01. The Kier molecular flexibility index (Phi) is 6.09. The second-order valence-corrected chi connectivity index (χ2v) is 10.4. The standard InChI is InChI=1S/C24H34O8/c1-12-10-16(28)11-17-19(12)20(31-14(3)26)21(32-15(4)27)24(29)22(5,6)9-8-18(23(17,24)7)30-13(2)25/h10,17-21,29H,8-9,11H2,1-7H3. The number of ether oxygens (including phenoxy) is 3. The Bertz CT molecular complexity index is 873. The van der Waals surface area contributed by atoms with Crippen molar-refractivity contribution in [1.82, 2.24) is 0 Å². The summed E-state index contributed by atoms with van der Waals surface area (Å²) >= 11 is 0. The van der Waals surface area contributed by atoms with Crippen LogP contribution in [0.2, 0.25) is 0 Å². The molecule has 1 N–H and O–H groups in total. The van der Waals surface area contributed by atoms with Gasteiger partial charge in [-0.2, -0.15) is 0 Å². The normalized spacial score (nSPS) is 40.3. The number of hydrogen-bond donors (Lipinski definition) is 1. The maximum absolute atomic E-state index is 12.7. The van der Waals surface area contributed by atoms with Gasteiger partial charge in [-0.05, 0) is 37.2 Å². The lowest BCUT2D eigenvalue weighted by atomic mass is 9.39. The Morgan fingerprint density at radius 2 is 1.56 bits per heavy atom. The third-order valence-corrected chi connectivity index (χ3v) is 8.06. The maximum atomic E-state index is 12.7. The van der Waals surface area contributed by atoms with E-state index in [-0.39, 0.29) is 12.2 Å². The van der Waals surface area contributed by atoms with Gasteiger partial charge in [0.15, 0.2) is 11.9 Å². The van der Waals surface area contributed by atoms with Crippen LogP contribution in [0.15, 0.2) is 11.6 Å². The number of esters is 3. The highest BCUT2D eigenvalue weighted by atomic mass is 16.6. The first-order chi connectivity index (χ1) is 14.7. The van der Waals surface area contributed by atoms with Gasteiger partial charge in [0.25, 0.3) is 0 Å². The molecule has 3 aliphatic rings. The smallest absolute Gasteiger partial charge is 0.303 e. The average molecular weight is 451 g/mol. The first kappa shape index (κ1) is 24.4. The molecule has 178 valence electrons. The van der Waals surface area contributed by atoms with Crippen LogP contribution in [0.1, 0.15) is 67.7 Å². The second kappa shape index (κ2) is 7.97. The summed E-state index contributed by atoms with van der Waals surface area (Å²) in [4.78, 5) is 49.0. The van der Waals surface area contributed by atoms with Gasteiger partial charge in [0.2, 0.25) is 0 Å². The Labute approximate surface area is 188 Å². The first-order valence-corrected chi connectivity index (χ1v) is 11.1. The number of allylic oxidation sites excluding steroid dienone is 1. The van der Waals surface area contributed by atoms with Crippen molar-refractivity contribution in [2.75, 3.05) is 0 Å². The molecule has 8 nitrogen and oxygen atoms in total. The van der Waals surface area contributed by atoms with Crippen LogP contribution in [0.4, 0.5) is 0 Å². The summed E-state index contributed by atoms with van der Waals surface area (Å²) in [6.45, 7) is 11.1. The van der Waals surface area contributed by atoms with Crippen molar-refractivity contribution in [3.63, 3.8) is 0 Å². The van der Waals surface area contributed by atoms with Crippen LogP contribution in [0.25, 0.3) is 0 Å². The SMILES string of the molecule is CC(=O)OC1C2C(C)=CC(=O)CC2C2(C)C(OC(C)=O)CCC(C)(C)C2(O)C1OC(C)=O. The van der Waals surface area contributed by atoms with Gasteiger partial charge in [-0.1, -0.05) is 26.3 Å². The molecule has 2 saturated carbocycles. The summed E-state index contributed by atoms with van der Waals surface area (Å²) in [5, 5.41) is 12.6. The van der Waals surface area contributed by atoms with Crippen molar-refractivity contribution >= 4 is 23.7 Å². The topological polar surface area (TPSA) is 116 Å². The zero-order valence-electron chi connectivity index (χ0n) is 19.9. The summed E-state index contributed by atoms with van der Waals surface area (Å²) in [5.74, 6) is -2.78. The van der Waals surface area contributed by atoms with Crippen molar-refractivity contribution < 1.29 is 38.5 Å². The molecule has 0 aromatic carbocycles. The van der Waals surface area contributed by atoms with Crippen LogP contribution in [0.3, 0.4) is 0 Å². The third-order valence-electron chi connectivity index (χ3n) is 8.06. The van der Waals surface area contributed by atoms with Gasteiger partial charge in [0.05, 0.1) is 0 Å². The van der Waals surface area contributed by atoms with E-state index in [1.807, 2.05) is 20.8 Å². The molecule has 0 amide bonds. The minimum atomic E-state index is -1.75. The van der Waals surface area contributed by atoms with Crippen LogP contribution in [-0.2, 0) is 33.4 Å². The molecule has 0 aromatic heterocycles. The molecule has 0 spiro atoms. The third kappa shape index (κ3) is 3.47. The van der Waals surface area contributed by atoms with Crippen molar-refractivity contribution in [2.45, 2.75) is 91.6 Å². The molecular weight excluding hydrogens is 416 g/mol. The predicted octanol–water partition coefficient (Wildman–Crippen LogP) is 2.50. The average Bonchev–Trinajstić information content (AvgIpc) is 2.63. The molecule has 3 aliphatic carbocycles. The van der Waals surface area contributed by atoms with E-state index >= 15 is 0 Å². The highest BCUT2D eigenvalue weighted by Gasteiger charge is 2.76. The lowest BCUT2D eigenvalue weighted by molar-refractivity contribution is -0.333. The van der Waals surface area contributed by atoms with Gasteiger partial charge in [0.1, 0.15) is 17.8 Å². The van der Waals surface area contributed by atoms with Gasteiger partial charge in [-0.3, -0.25) is 19.2 Å². The van der Waals surface area contributed by atoms with Crippen LogP contribution in [0.5, 0.6) is 0 Å². The molecule has 8 heteroatoms. The quantitative estimate of drug-likeness (QED) is 0.515.